The summed E-state index contributed by atoms with van der Waals surface area (Å²) in [5, 5.41) is 3.34. The van der Waals surface area contributed by atoms with Crippen LogP contribution < -0.4 is 11.1 Å². The molecule has 0 radical (unpaired) electrons. The molecule has 1 amide bonds. The fourth-order valence-electron chi connectivity index (χ4n) is 3.77. The van der Waals surface area contributed by atoms with Crippen LogP contribution in [0.5, 0.6) is 0 Å². The predicted molar refractivity (Wildman–Crippen MR) is 81.9 cm³/mol. The van der Waals surface area contributed by atoms with E-state index in [4.69, 9.17) is 10.5 Å². The van der Waals surface area contributed by atoms with E-state index in [0.29, 0.717) is 32.0 Å². The molecule has 118 valence electrons. The third-order valence-electron chi connectivity index (χ3n) is 5.02. The lowest BCUT2D eigenvalue weighted by atomic mass is 9.92. The molecule has 6 nitrogen and oxygen atoms in total. The summed E-state index contributed by atoms with van der Waals surface area (Å²) in [4.78, 5) is 19.2. The van der Waals surface area contributed by atoms with Gasteiger partial charge in [0.1, 0.15) is 5.82 Å². The number of carbonyl (C=O) groups excluding carboxylic acids is 1. The van der Waals surface area contributed by atoms with Crippen LogP contribution in [0.3, 0.4) is 0 Å². The van der Waals surface area contributed by atoms with Crippen molar-refractivity contribution in [2.75, 3.05) is 18.8 Å². The van der Waals surface area contributed by atoms with Crippen LogP contribution >= 0.6 is 0 Å². The molecule has 0 aromatic carbocycles. The molecular formula is C16H22N4O2. The SMILES string of the molecule is Nc1nc2c(c3c1COC3)C[C@@H](C(=O)N1CCCCC1)NC2. The van der Waals surface area contributed by atoms with Crippen molar-refractivity contribution < 1.29 is 9.53 Å². The molecule has 0 bridgehead atoms. The highest BCUT2D eigenvalue weighted by molar-refractivity contribution is 5.82. The summed E-state index contributed by atoms with van der Waals surface area (Å²) in [6.45, 7) is 3.53. The van der Waals surface area contributed by atoms with Gasteiger partial charge in [0, 0.05) is 25.2 Å². The number of nitrogens with one attached hydrogen (secondary N) is 1. The number of rotatable bonds is 1. The Bertz CT molecular complexity index is 611. The number of piperidine rings is 1. The minimum atomic E-state index is -0.138. The first-order chi connectivity index (χ1) is 10.7. The van der Waals surface area contributed by atoms with E-state index in [1.54, 1.807) is 0 Å². The van der Waals surface area contributed by atoms with Gasteiger partial charge in [-0.15, -0.1) is 0 Å². The highest BCUT2D eigenvalue weighted by Crippen LogP contribution is 2.32. The van der Waals surface area contributed by atoms with E-state index in [0.717, 1.165) is 37.2 Å². The number of anilines is 1. The Morgan fingerprint density at radius 2 is 1.95 bits per heavy atom. The van der Waals surface area contributed by atoms with Gasteiger partial charge in [0.15, 0.2) is 0 Å². The lowest BCUT2D eigenvalue weighted by Crippen LogP contribution is -2.51. The van der Waals surface area contributed by atoms with Gasteiger partial charge in [0.05, 0.1) is 24.9 Å². The van der Waals surface area contributed by atoms with Gasteiger partial charge in [-0.05, 0) is 36.8 Å². The van der Waals surface area contributed by atoms with Crippen LogP contribution in [-0.4, -0.2) is 34.9 Å². The molecule has 4 heterocycles. The van der Waals surface area contributed by atoms with Gasteiger partial charge in [-0.1, -0.05) is 0 Å². The molecule has 0 saturated carbocycles. The number of nitrogen functional groups attached to an aromatic ring is 1. The Morgan fingerprint density at radius 1 is 1.18 bits per heavy atom. The summed E-state index contributed by atoms with van der Waals surface area (Å²) >= 11 is 0. The second-order valence-electron chi connectivity index (χ2n) is 6.40. The number of hydrogen-bond acceptors (Lipinski definition) is 5. The topological polar surface area (TPSA) is 80.5 Å². The largest absolute Gasteiger partial charge is 0.383 e. The molecule has 3 N–H and O–H groups in total. The molecule has 0 spiro atoms. The van der Waals surface area contributed by atoms with Gasteiger partial charge >= 0.3 is 0 Å². The molecule has 1 atom stereocenters. The van der Waals surface area contributed by atoms with Gasteiger partial charge in [-0.2, -0.15) is 0 Å². The molecule has 0 unspecified atom stereocenters. The highest BCUT2D eigenvalue weighted by atomic mass is 16.5. The number of carbonyl (C=O) groups is 1. The lowest BCUT2D eigenvalue weighted by Gasteiger charge is -2.33. The second kappa shape index (κ2) is 5.52. The van der Waals surface area contributed by atoms with Crippen LogP contribution in [0.25, 0.3) is 0 Å². The summed E-state index contributed by atoms with van der Waals surface area (Å²) in [6.07, 6.45) is 4.18. The van der Waals surface area contributed by atoms with Gasteiger partial charge in [0.25, 0.3) is 0 Å². The van der Waals surface area contributed by atoms with Crippen LogP contribution in [0.4, 0.5) is 5.82 Å². The maximum atomic E-state index is 12.7. The van der Waals surface area contributed by atoms with E-state index >= 15 is 0 Å². The summed E-state index contributed by atoms with van der Waals surface area (Å²) in [7, 11) is 0. The molecular weight excluding hydrogens is 280 g/mol. The van der Waals surface area contributed by atoms with E-state index < -0.39 is 0 Å². The fraction of sp³-hybridized carbons (Fsp3) is 0.625. The third kappa shape index (κ3) is 2.27. The maximum Gasteiger partial charge on any atom is 0.240 e. The number of amides is 1. The zero-order valence-corrected chi connectivity index (χ0v) is 12.7. The monoisotopic (exact) mass is 302 g/mol. The van der Waals surface area contributed by atoms with Crippen LogP contribution in [0, 0.1) is 0 Å². The number of fused-ring (bicyclic) bond motifs is 3. The molecule has 1 aromatic heterocycles. The van der Waals surface area contributed by atoms with Gasteiger partial charge in [-0.3, -0.25) is 10.1 Å². The van der Waals surface area contributed by atoms with E-state index in [1.165, 1.54) is 17.5 Å². The highest BCUT2D eigenvalue weighted by Gasteiger charge is 2.32. The standard InChI is InChI=1S/C16H22N4O2/c17-15-12-9-22-8-11(12)10-6-13(18-7-14(10)19-15)16(21)20-4-2-1-3-5-20/h13,18H,1-9H2,(H2,17,19)/t13-/m0/s1. The van der Waals surface area contributed by atoms with Crippen molar-refractivity contribution in [1.82, 2.24) is 15.2 Å². The van der Waals surface area contributed by atoms with Gasteiger partial charge in [-0.25, -0.2) is 4.98 Å². The number of ether oxygens (including phenoxy) is 1. The third-order valence-corrected chi connectivity index (χ3v) is 5.02. The van der Waals surface area contributed by atoms with Crippen molar-refractivity contribution in [1.29, 1.82) is 0 Å². The molecule has 1 fully saturated rings. The molecule has 6 heteroatoms. The Morgan fingerprint density at radius 3 is 2.77 bits per heavy atom. The summed E-state index contributed by atoms with van der Waals surface area (Å²) in [5.74, 6) is 0.809. The number of pyridine rings is 1. The molecule has 1 saturated heterocycles. The molecule has 3 aliphatic heterocycles. The van der Waals surface area contributed by atoms with E-state index in [1.807, 2.05) is 4.90 Å². The molecule has 4 rings (SSSR count). The second-order valence-corrected chi connectivity index (χ2v) is 6.40. The number of likely N-dealkylation sites (tertiary alicyclic amines) is 1. The quantitative estimate of drug-likeness (QED) is 0.799. The summed E-state index contributed by atoms with van der Waals surface area (Å²) in [5.41, 5.74) is 10.4. The van der Waals surface area contributed by atoms with E-state index in [2.05, 4.69) is 10.3 Å². The van der Waals surface area contributed by atoms with Crippen molar-refractivity contribution in [3.63, 3.8) is 0 Å². The summed E-state index contributed by atoms with van der Waals surface area (Å²) < 4.78 is 5.54. The molecule has 3 aliphatic rings. The Balaban J connectivity index is 1.59. The minimum absolute atomic E-state index is 0.138. The first kappa shape index (κ1) is 14.0. The molecule has 22 heavy (non-hydrogen) atoms. The normalized spacial score (nSPS) is 24.0. The smallest absolute Gasteiger partial charge is 0.240 e. The van der Waals surface area contributed by atoms with E-state index in [9.17, 15) is 4.79 Å². The number of nitrogens with two attached hydrogens (primary N) is 1. The van der Waals surface area contributed by atoms with E-state index in [-0.39, 0.29) is 11.9 Å². The van der Waals surface area contributed by atoms with Crippen molar-refractivity contribution in [3.8, 4) is 0 Å². The Labute approximate surface area is 130 Å². The number of hydrogen-bond donors (Lipinski definition) is 2. The maximum absolute atomic E-state index is 12.7. The Kier molecular flexibility index (Phi) is 3.50. The zero-order chi connectivity index (χ0) is 15.1. The molecule has 0 aliphatic carbocycles. The lowest BCUT2D eigenvalue weighted by molar-refractivity contribution is -0.134. The van der Waals surface area contributed by atoms with Gasteiger partial charge < -0.3 is 15.4 Å². The number of aromatic nitrogens is 1. The first-order valence-corrected chi connectivity index (χ1v) is 8.13. The molecule has 1 aromatic rings. The van der Waals surface area contributed by atoms with Crippen LogP contribution in [0.2, 0.25) is 0 Å². The first-order valence-electron chi connectivity index (χ1n) is 8.13. The van der Waals surface area contributed by atoms with Crippen molar-refractivity contribution in [2.45, 2.75) is 51.5 Å². The fourth-order valence-corrected chi connectivity index (χ4v) is 3.77. The predicted octanol–water partition coefficient (Wildman–Crippen LogP) is 0.721. The Hall–Kier alpha value is -1.66. The van der Waals surface area contributed by atoms with Crippen molar-refractivity contribution in [2.24, 2.45) is 0 Å². The number of nitrogens with zero attached hydrogens (tertiary/aromatic N) is 2. The van der Waals surface area contributed by atoms with Gasteiger partial charge in [0.2, 0.25) is 5.91 Å². The summed E-state index contributed by atoms with van der Waals surface area (Å²) in [6, 6.07) is -0.138. The van der Waals surface area contributed by atoms with Crippen molar-refractivity contribution in [3.05, 3.63) is 22.4 Å². The van der Waals surface area contributed by atoms with Crippen molar-refractivity contribution >= 4 is 11.7 Å². The zero-order valence-electron chi connectivity index (χ0n) is 12.7. The average molecular weight is 302 g/mol. The van der Waals surface area contributed by atoms with Crippen LogP contribution in [0.15, 0.2) is 0 Å². The minimum Gasteiger partial charge on any atom is -0.383 e. The average Bonchev–Trinajstić information content (AvgIpc) is 3.05. The van der Waals surface area contributed by atoms with Crippen LogP contribution in [-0.2, 0) is 35.7 Å². The van der Waals surface area contributed by atoms with Crippen LogP contribution in [0.1, 0.15) is 41.6 Å².